The molecule has 0 radical (unpaired) electrons. The molecule has 120 valence electrons. The Morgan fingerprint density at radius 2 is 1.86 bits per heavy atom. The standard InChI is InChI=1S/C18H33N3/c1-6-12-19-15(5)18-11-10-17(13-20-18)21(9-4)14-16(7-2)8-3/h10-11,13,15-16,19H,6-9,12,14H2,1-5H3. The minimum Gasteiger partial charge on any atom is -0.370 e. The molecule has 1 aromatic rings. The van der Waals surface area contributed by atoms with Gasteiger partial charge in [-0.2, -0.15) is 0 Å². The summed E-state index contributed by atoms with van der Waals surface area (Å²) < 4.78 is 0. The van der Waals surface area contributed by atoms with Crippen molar-refractivity contribution < 1.29 is 0 Å². The minimum absolute atomic E-state index is 0.327. The molecule has 0 fully saturated rings. The second kappa shape index (κ2) is 9.78. The molecule has 0 bridgehead atoms. The third-order valence-electron chi connectivity index (χ3n) is 4.30. The van der Waals surface area contributed by atoms with Crippen molar-refractivity contribution in [1.29, 1.82) is 0 Å². The van der Waals surface area contributed by atoms with Gasteiger partial charge < -0.3 is 10.2 Å². The second-order valence-corrected chi connectivity index (χ2v) is 5.84. The van der Waals surface area contributed by atoms with E-state index in [1.165, 1.54) is 18.5 Å². The Hall–Kier alpha value is -1.09. The van der Waals surface area contributed by atoms with Crippen molar-refractivity contribution in [1.82, 2.24) is 10.3 Å². The first-order chi connectivity index (χ1) is 10.2. The molecular weight excluding hydrogens is 258 g/mol. The highest BCUT2D eigenvalue weighted by molar-refractivity contribution is 5.44. The molecule has 0 aliphatic rings. The van der Waals surface area contributed by atoms with Crippen LogP contribution < -0.4 is 10.2 Å². The fraction of sp³-hybridized carbons (Fsp3) is 0.722. The summed E-state index contributed by atoms with van der Waals surface area (Å²) in [6.07, 6.45) is 5.68. The zero-order chi connectivity index (χ0) is 15.7. The summed E-state index contributed by atoms with van der Waals surface area (Å²) in [5.74, 6) is 0.773. The lowest BCUT2D eigenvalue weighted by Crippen LogP contribution is -2.29. The van der Waals surface area contributed by atoms with Gasteiger partial charge in [-0.25, -0.2) is 0 Å². The highest BCUT2D eigenvalue weighted by Crippen LogP contribution is 2.19. The van der Waals surface area contributed by atoms with Gasteiger partial charge in [0.1, 0.15) is 0 Å². The monoisotopic (exact) mass is 291 g/mol. The molecule has 0 saturated heterocycles. The van der Waals surface area contributed by atoms with Crippen LogP contribution in [0.2, 0.25) is 0 Å². The summed E-state index contributed by atoms with van der Waals surface area (Å²) >= 11 is 0. The topological polar surface area (TPSA) is 28.2 Å². The fourth-order valence-electron chi connectivity index (χ4n) is 2.58. The van der Waals surface area contributed by atoms with E-state index in [0.717, 1.165) is 37.7 Å². The molecule has 0 aromatic carbocycles. The van der Waals surface area contributed by atoms with Gasteiger partial charge in [-0.3, -0.25) is 4.98 Å². The quantitative estimate of drug-likeness (QED) is 0.692. The predicted octanol–water partition coefficient (Wildman–Crippen LogP) is 4.40. The van der Waals surface area contributed by atoms with Crippen molar-refractivity contribution in [2.75, 3.05) is 24.5 Å². The van der Waals surface area contributed by atoms with E-state index in [4.69, 9.17) is 0 Å². The first kappa shape index (κ1) is 18.0. The Balaban J connectivity index is 2.70. The summed E-state index contributed by atoms with van der Waals surface area (Å²) in [4.78, 5) is 7.10. The van der Waals surface area contributed by atoms with E-state index < -0.39 is 0 Å². The summed E-state index contributed by atoms with van der Waals surface area (Å²) in [6.45, 7) is 14.4. The molecule has 0 aliphatic heterocycles. The molecule has 0 spiro atoms. The smallest absolute Gasteiger partial charge is 0.0572 e. The van der Waals surface area contributed by atoms with Crippen molar-refractivity contribution in [2.24, 2.45) is 5.92 Å². The molecule has 0 amide bonds. The lowest BCUT2D eigenvalue weighted by Gasteiger charge is -2.27. The number of anilines is 1. The van der Waals surface area contributed by atoms with Gasteiger partial charge in [0.15, 0.2) is 0 Å². The zero-order valence-electron chi connectivity index (χ0n) is 14.5. The van der Waals surface area contributed by atoms with Crippen LogP contribution in [0.3, 0.4) is 0 Å². The Labute approximate surface area is 131 Å². The van der Waals surface area contributed by atoms with Crippen LogP contribution in [0.4, 0.5) is 5.69 Å². The van der Waals surface area contributed by atoms with Crippen LogP contribution >= 0.6 is 0 Å². The molecular formula is C18H33N3. The minimum atomic E-state index is 0.327. The number of hydrogen-bond acceptors (Lipinski definition) is 3. The Kier molecular flexibility index (Phi) is 8.36. The number of aromatic nitrogens is 1. The van der Waals surface area contributed by atoms with Gasteiger partial charge in [0.25, 0.3) is 0 Å². The highest BCUT2D eigenvalue weighted by Gasteiger charge is 2.12. The maximum absolute atomic E-state index is 4.66. The van der Waals surface area contributed by atoms with Gasteiger partial charge in [-0.15, -0.1) is 0 Å². The van der Waals surface area contributed by atoms with Crippen LogP contribution in [0.25, 0.3) is 0 Å². The number of pyridine rings is 1. The van der Waals surface area contributed by atoms with E-state index in [0.29, 0.717) is 6.04 Å². The van der Waals surface area contributed by atoms with Crippen molar-refractivity contribution in [3.8, 4) is 0 Å². The molecule has 0 aliphatic carbocycles. The summed E-state index contributed by atoms with van der Waals surface area (Å²) in [7, 11) is 0. The van der Waals surface area contributed by atoms with Crippen molar-refractivity contribution >= 4 is 5.69 Å². The first-order valence-corrected chi connectivity index (χ1v) is 8.60. The van der Waals surface area contributed by atoms with Crippen molar-refractivity contribution in [2.45, 2.75) is 59.9 Å². The van der Waals surface area contributed by atoms with Gasteiger partial charge in [-0.05, 0) is 44.9 Å². The normalized spacial score (nSPS) is 12.7. The SMILES string of the molecule is CCCNC(C)c1ccc(N(CC)CC(CC)CC)cn1. The van der Waals surface area contributed by atoms with Gasteiger partial charge in [0.2, 0.25) is 0 Å². The number of nitrogens with zero attached hydrogens (tertiary/aromatic N) is 2. The molecule has 1 heterocycles. The molecule has 1 rings (SSSR count). The van der Waals surface area contributed by atoms with E-state index >= 15 is 0 Å². The molecule has 3 heteroatoms. The summed E-state index contributed by atoms with van der Waals surface area (Å²) in [5, 5.41) is 3.49. The first-order valence-electron chi connectivity index (χ1n) is 8.60. The molecule has 1 unspecified atom stereocenters. The van der Waals surface area contributed by atoms with E-state index in [-0.39, 0.29) is 0 Å². The fourth-order valence-corrected chi connectivity index (χ4v) is 2.58. The largest absolute Gasteiger partial charge is 0.370 e. The maximum Gasteiger partial charge on any atom is 0.0572 e. The average molecular weight is 291 g/mol. The van der Waals surface area contributed by atoms with Gasteiger partial charge in [-0.1, -0.05) is 33.6 Å². The molecule has 1 atom stereocenters. The molecule has 0 saturated carbocycles. The van der Waals surface area contributed by atoms with Gasteiger partial charge >= 0.3 is 0 Å². The van der Waals surface area contributed by atoms with Crippen molar-refractivity contribution in [3.63, 3.8) is 0 Å². The highest BCUT2D eigenvalue weighted by atomic mass is 15.1. The van der Waals surface area contributed by atoms with Crippen LogP contribution in [0.15, 0.2) is 18.3 Å². The summed E-state index contributed by atoms with van der Waals surface area (Å²) in [6, 6.07) is 4.71. The molecule has 3 nitrogen and oxygen atoms in total. The Morgan fingerprint density at radius 3 is 2.33 bits per heavy atom. The Bertz CT molecular complexity index is 371. The number of hydrogen-bond donors (Lipinski definition) is 1. The molecule has 1 aromatic heterocycles. The Morgan fingerprint density at radius 1 is 1.14 bits per heavy atom. The lowest BCUT2D eigenvalue weighted by atomic mass is 10.0. The van der Waals surface area contributed by atoms with E-state index in [1.54, 1.807) is 0 Å². The predicted molar refractivity (Wildman–Crippen MR) is 92.9 cm³/mol. The van der Waals surface area contributed by atoms with E-state index in [2.05, 4.69) is 62.0 Å². The number of nitrogens with one attached hydrogen (secondary N) is 1. The van der Waals surface area contributed by atoms with Crippen LogP contribution in [0.1, 0.15) is 65.6 Å². The van der Waals surface area contributed by atoms with Crippen LogP contribution in [0.5, 0.6) is 0 Å². The van der Waals surface area contributed by atoms with Crippen molar-refractivity contribution in [3.05, 3.63) is 24.0 Å². The van der Waals surface area contributed by atoms with Gasteiger partial charge in [0, 0.05) is 19.1 Å². The molecule has 21 heavy (non-hydrogen) atoms. The molecule has 1 N–H and O–H groups in total. The third-order valence-corrected chi connectivity index (χ3v) is 4.30. The lowest BCUT2D eigenvalue weighted by molar-refractivity contribution is 0.485. The van der Waals surface area contributed by atoms with Crippen LogP contribution in [-0.2, 0) is 0 Å². The van der Waals surface area contributed by atoms with Crippen LogP contribution in [-0.4, -0.2) is 24.6 Å². The van der Waals surface area contributed by atoms with Crippen LogP contribution in [0, 0.1) is 5.92 Å². The summed E-state index contributed by atoms with van der Waals surface area (Å²) in [5.41, 5.74) is 2.38. The third kappa shape index (κ3) is 5.66. The maximum atomic E-state index is 4.66. The number of rotatable bonds is 10. The second-order valence-electron chi connectivity index (χ2n) is 5.84. The van der Waals surface area contributed by atoms with Gasteiger partial charge in [0.05, 0.1) is 17.6 Å². The average Bonchev–Trinajstić information content (AvgIpc) is 2.54. The zero-order valence-corrected chi connectivity index (χ0v) is 14.5. The van der Waals surface area contributed by atoms with E-state index in [9.17, 15) is 0 Å². The van der Waals surface area contributed by atoms with E-state index in [1.807, 2.05) is 6.20 Å².